The number of nitro benzene ring substituents is 1. The minimum Gasteiger partial charge on any atom is -0.429 e. The molecule has 1 heterocycles. The number of aromatic nitrogens is 3. The Morgan fingerprint density at radius 2 is 2.05 bits per heavy atom. The van der Waals surface area contributed by atoms with Crippen LogP contribution in [0.4, 0.5) is 5.69 Å². The molecule has 19 heavy (non-hydrogen) atoms. The summed E-state index contributed by atoms with van der Waals surface area (Å²) in [4.78, 5) is 14.1. The van der Waals surface area contributed by atoms with Crippen molar-refractivity contribution in [3.05, 3.63) is 44.3 Å². The van der Waals surface area contributed by atoms with Gasteiger partial charge in [-0.3, -0.25) is 10.1 Å². The molecule has 0 saturated carbocycles. The van der Waals surface area contributed by atoms with E-state index in [9.17, 15) is 10.1 Å². The Kier molecular flexibility index (Phi) is 3.77. The molecule has 0 aliphatic carbocycles. The zero-order valence-electron chi connectivity index (χ0n) is 9.50. The Labute approximate surface area is 117 Å². The van der Waals surface area contributed by atoms with E-state index in [0.717, 1.165) is 5.56 Å². The molecule has 9 heteroatoms. The molecule has 0 bridgehead atoms. The molecule has 0 amide bonds. The van der Waals surface area contributed by atoms with Crippen LogP contribution in [-0.4, -0.2) is 20.1 Å². The minimum atomic E-state index is -0.563. The van der Waals surface area contributed by atoms with Crippen LogP contribution in [0.3, 0.4) is 0 Å². The fraction of sp³-hybridized carbons (Fsp3) is 0.100. The van der Waals surface area contributed by atoms with Crippen LogP contribution in [0.1, 0.15) is 5.56 Å². The Hall–Kier alpha value is -1.99. The van der Waals surface area contributed by atoms with E-state index in [2.05, 4.69) is 15.2 Å². The lowest BCUT2D eigenvalue weighted by atomic mass is 10.2. The quantitative estimate of drug-likeness (QED) is 0.638. The zero-order chi connectivity index (χ0) is 14.0. The molecule has 2 aromatic rings. The lowest BCUT2D eigenvalue weighted by Crippen LogP contribution is -1.98. The maximum absolute atomic E-state index is 10.9. The summed E-state index contributed by atoms with van der Waals surface area (Å²) in [5.74, 6) is -0.150. The molecule has 0 unspecified atom stereocenters. The number of benzene rings is 1. The van der Waals surface area contributed by atoms with Crippen molar-refractivity contribution in [1.29, 1.82) is 0 Å². The van der Waals surface area contributed by atoms with Gasteiger partial charge in [-0.2, -0.15) is 4.98 Å². The van der Waals surface area contributed by atoms with Gasteiger partial charge in [-0.05, 0) is 30.2 Å². The maximum Gasteiger partial charge on any atom is 0.311 e. The normalized spacial score (nSPS) is 10.3. The van der Waals surface area contributed by atoms with Gasteiger partial charge in [0.15, 0.2) is 0 Å². The molecule has 0 N–H and O–H groups in total. The van der Waals surface area contributed by atoms with Gasteiger partial charge >= 0.3 is 5.69 Å². The fourth-order valence-electron chi connectivity index (χ4n) is 1.31. The molecule has 0 aliphatic rings. The lowest BCUT2D eigenvalue weighted by molar-refractivity contribution is -0.385. The van der Waals surface area contributed by atoms with Crippen molar-refractivity contribution in [2.45, 2.75) is 6.92 Å². The van der Waals surface area contributed by atoms with E-state index in [0.29, 0.717) is 0 Å². The van der Waals surface area contributed by atoms with Gasteiger partial charge < -0.3 is 4.74 Å². The third-order valence-electron chi connectivity index (χ3n) is 2.11. The van der Waals surface area contributed by atoms with Gasteiger partial charge in [0, 0.05) is 6.07 Å². The molecular weight excluding hydrogens is 295 g/mol. The number of aryl methyl sites for hydroxylation is 1. The fourth-order valence-corrected chi connectivity index (χ4v) is 1.54. The van der Waals surface area contributed by atoms with Crippen LogP contribution in [-0.2, 0) is 0 Å². The average molecular weight is 301 g/mol. The molecule has 2 rings (SSSR count). The minimum absolute atomic E-state index is 0.00549. The van der Waals surface area contributed by atoms with Crippen molar-refractivity contribution >= 4 is 28.9 Å². The Bertz CT molecular complexity index is 651. The molecule has 0 fully saturated rings. The molecule has 0 atom stereocenters. The van der Waals surface area contributed by atoms with Crippen molar-refractivity contribution in [2.75, 3.05) is 0 Å². The third-order valence-corrected chi connectivity index (χ3v) is 2.51. The van der Waals surface area contributed by atoms with Crippen LogP contribution in [0.25, 0.3) is 0 Å². The van der Waals surface area contributed by atoms with Crippen molar-refractivity contribution in [2.24, 2.45) is 0 Å². The number of hydrogen-bond acceptors (Lipinski definition) is 6. The van der Waals surface area contributed by atoms with E-state index < -0.39 is 4.92 Å². The molecule has 7 nitrogen and oxygen atoms in total. The molecular formula is C10H6Cl2N4O3. The highest BCUT2D eigenvalue weighted by atomic mass is 35.5. The summed E-state index contributed by atoms with van der Waals surface area (Å²) in [5, 5.41) is 17.5. The summed E-state index contributed by atoms with van der Waals surface area (Å²) in [6.45, 7) is 1.73. The van der Waals surface area contributed by atoms with E-state index in [1.165, 1.54) is 12.1 Å². The standard InChI is InChI=1S/C10H6Cl2N4O3/c1-5-2-3-7(6(4-5)16(17)18)19-9-8(11)14-15-10(12)13-9/h2-4H,1H3. The Balaban J connectivity index is 2.43. The topological polar surface area (TPSA) is 91.0 Å². The molecule has 0 spiro atoms. The SMILES string of the molecule is Cc1ccc(Oc2nc(Cl)nnc2Cl)c([N+](=O)[O-])c1. The van der Waals surface area contributed by atoms with Crippen molar-refractivity contribution < 1.29 is 9.66 Å². The molecule has 0 aliphatic heterocycles. The second-order valence-corrected chi connectivity index (χ2v) is 4.20. The number of rotatable bonds is 3. The van der Waals surface area contributed by atoms with Crippen LogP contribution in [0.2, 0.25) is 10.4 Å². The van der Waals surface area contributed by atoms with E-state index in [1.807, 2.05) is 0 Å². The molecule has 0 radical (unpaired) electrons. The molecule has 1 aromatic heterocycles. The van der Waals surface area contributed by atoms with Crippen molar-refractivity contribution in [3.8, 4) is 11.6 Å². The highest BCUT2D eigenvalue weighted by Gasteiger charge is 2.18. The van der Waals surface area contributed by atoms with Gasteiger partial charge in [-0.25, -0.2) is 0 Å². The van der Waals surface area contributed by atoms with Crippen molar-refractivity contribution in [3.63, 3.8) is 0 Å². The van der Waals surface area contributed by atoms with Gasteiger partial charge in [-0.1, -0.05) is 17.7 Å². The predicted molar refractivity (Wildman–Crippen MR) is 67.8 cm³/mol. The summed E-state index contributed by atoms with van der Waals surface area (Å²) in [6, 6.07) is 4.48. The first-order chi connectivity index (χ1) is 8.97. The second kappa shape index (κ2) is 5.33. The van der Waals surface area contributed by atoms with Crippen LogP contribution in [0.15, 0.2) is 18.2 Å². The molecule has 1 aromatic carbocycles. The number of nitrogens with zero attached hydrogens (tertiary/aromatic N) is 4. The summed E-state index contributed by atoms with van der Waals surface area (Å²) < 4.78 is 5.27. The van der Waals surface area contributed by atoms with E-state index in [1.54, 1.807) is 13.0 Å². The maximum atomic E-state index is 10.9. The second-order valence-electron chi connectivity index (χ2n) is 3.51. The van der Waals surface area contributed by atoms with Crippen LogP contribution < -0.4 is 4.74 Å². The first-order valence-electron chi connectivity index (χ1n) is 4.96. The summed E-state index contributed by atoms with van der Waals surface area (Å²) >= 11 is 11.3. The van der Waals surface area contributed by atoms with Crippen LogP contribution in [0, 0.1) is 17.0 Å². The smallest absolute Gasteiger partial charge is 0.311 e. The molecule has 0 saturated heterocycles. The zero-order valence-corrected chi connectivity index (χ0v) is 11.0. The Morgan fingerprint density at radius 1 is 1.32 bits per heavy atom. The van der Waals surface area contributed by atoms with Gasteiger partial charge in [0.2, 0.25) is 16.2 Å². The van der Waals surface area contributed by atoms with Crippen LogP contribution >= 0.6 is 23.2 Å². The van der Waals surface area contributed by atoms with Gasteiger partial charge in [0.1, 0.15) is 0 Å². The number of nitro groups is 1. The van der Waals surface area contributed by atoms with E-state index in [4.69, 9.17) is 27.9 Å². The largest absolute Gasteiger partial charge is 0.429 e. The summed E-state index contributed by atoms with van der Waals surface area (Å²) in [6.07, 6.45) is 0. The number of halogens is 2. The van der Waals surface area contributed by atoms with Crippen LogP contribution in [0.5, 0.6) is 11.6 Å². The third kappa shape index (κ3) is 3.07. The monoisotopic (exact) mass is 300 g/mol. The van der Waals surface area contributed by atoms with Crippen molar-refractivity contribution in [1.82, 2.24) is 15.2 Å². The van der Waals surface area contributed by atoms with Gasteiger partial charge in [0.25, 0.3) is 5.88 Å². The van der Waals surface area contributed by atoms with Gasteiger partial charge in [0.05, 0.1) is 4.92 Å². The first kappa shape index (κ1) is 13.4. The number of ether oxygens (including phenoxy) is 1. The lowest BCUT2D eigenvalue weighted by Gasteiger charge is -2.06. The summed E-state index contributed by atoms with van der Waals surface area (Å²) in [7, 11) is 0. The Morgan fingerprint density at radius 3 is 2.74 bits per heavy atom. The molecule has 98 valence electrons. The average Bonchev–Trinajstić information content (AvgIpc) is 2.35. The van der Waals surface area contributed by atoms with E-state index >= 15 is 0 Å². The number of hydrogen-bond donors (Lipinski definition) is 0. The predicted octanol–water partition coefficient (Wildman–Crippen LogP) is 3.19. The highest BCUT2D eigenvalue weighted by Crippen LogP contribution is 2.33. The highest BCUT2D eigenvalue weighted by molar-refractivity contribution is 6.31. The van der Waals surface area contributed by atoms with E-state index in [-0.39, 0.29) is 27.8 Å². The first-order valence-corrected chi connectivity index (χ1v) is 5.71. The van der Waals surface area contributed by atoms with Gasteiger partial charge in [-0.15, -0.1) is 10.2 Å². The summed E-state index contributed by atoms with van der Waals surface area (Å²) in [5.41, 5.74) is 0.523.